The molecule has 1 aromatic carbocycles. The Morgan fingerprint density at radius 3 is 2.37 bits per heavy atom. The average Bonchev–Trinajstić information content (AvgIpc) is 2.46. The Balaban J connectivity index is 2.20. The van der Waals surface area contributed by atoms with Crippen molar-refractivity contribution >= 4 is 17.4 Å². The Kier molecular flexibility index (Phi) is 3.70. The van der Waals surface area contributed by atoms with Gasteiger partial charge in [-0.05, 0) is 36.4 Å². The molecular formula is C13H13FN4O. The smallest absolute Gasteiger partial charge is 0.278 e. The van der Waals surface area contributed by atoms with Gasteiger partial charge in [-0.3, -0.25) is 4.79 Å². The quantitative estimate of drug-likeness (QED) is 0.916. The maximum atomic E-state index is 12.8. The van der Waals surface area contributed by atoms with Crippen LogP contribution in [0.5, 0.6) is 0 Å². The fraction of sp³-hybridized carbons (Fsp3) is 0.154. The minimum absolute atomic E-state index is 0.228. The summed E-state index contributed by atoms with van der Waals surface area (Å²) in [5.41, 5.74) is 0.816. The number of anilines is 2. The summed E-state index contributed by atoms with van der Waals surface area (Å²) in [5, 5.41) is 10.5. The van der Waals surface area contributed by atoms with Gasteiger partial charge in [0.25, 0.3) is 5.91 Å². The van der Waals surface area contributed by atoms with Gasteiger partial charge in [0.1, 0.15) is 11.6 Å². The topological polar surface area (TPSA) is 58.1 Å². The molecule has 0 aliphatic carbocycles. The highest BCUT2D eigenvalue weighted by atomic mass is 19.1. The molecule has 1 amide bonds. The number of carbonyl (C=O) groups excluding carboxylic acids is 1. The molecule has 0 saturated heterocycles. The van der Waals surface area contributed by atoms with Crippen LogP contribution in [0.1, 0.15) is 10.5 Å². The highest BCUT2D eigenvalue weighted by molar-refractivity contribution is 6.04. The zero-order valence-electron chi connectivity index (χ0n) is 10.6. The van der Waals surface area contributed by atoms with E-state index in [1.165, 1.54) is 29.2 Å². The number of nitrogens with zero attached hydrogens (tertiary/aromatic N) is 3. The van der Waals surface area contributed by atoms with Crippen molar-refractivity contribution in [2.45, 2.75) is 0 Å². The molecule has 0 aliphatic heterocycles. The van der Waals surface area contributed by atoms with Crippen molar-refractivity contribution in [3.8, 4) is 0 Å². The summed E-state index contributed by atoms with van der Waals surface area (Å²) in [4.78, 5) is 13.5. The third-order valence-corrected chi connectivity index (χ3v) is 2.66. The van der Waals surface area contributed by atoms with Gasteiger partial charge >= 0.3 is 0 Å². The molecule has 98 valence electrons. The molecule has 0 aliphatic rings. The van der Waals surface area contributed by atoms with E-state index in [0.717, 1.165) is 0 Å². The molecule has 0 bridgehead atoms. The summed E-state index contributed by atoms with van der Waals surface area (Å²) in [7, 11) is 3.32. The van der Waals surface area contributed by atoms with Crippen molar-refractivity contribution in [3.05, 3.63) is 47.9 Å². The van der Waals surface area contributed by atoms with Gasteiger partial charge in [0.15, 0.2) is 5.69 Å². The molecule has 1 heterocycles. The lowest BCUT2D eigenvalue weighted by Gasteiger charge is -2.16. The van der Waals surface area contributed by atoms with E-state index in [2.05, 4.69) is 15.5 Å². The lowest BCUT2D eigenvalue weighted by molar-refractivity contribution is 0.0987. The molecule has 1 aromatic heterocycles. The van der Waals surface area contributed by atoms with E-state index in [1.807, 2.05) is 0 Å². The van der Waals surface area contributed by atoms with Crippen LogP contribution in [-0.4, -0.2) is 30.2 Å². The van der Waals surface area contributed by atoms with Crippen LogP contribution in [0.4, 0.5) is 15.9 Å². The molecule has 0 fully saturated rings. The fourth-order valence-corrected chi connectivity index (χ4v) is 1.53. The van der Waals surface area contributed by atoms with E-state index in [1.54, 1.807) is 26.2 Å². The Labute approximate surface area is 110 Å². The average molecular weight is 260 g/mol. The molecule has 0 atom stereocenters. The molecule has 0 saturated carbocycles. The van der Waals surface area contributed by atoms with E-state index < -0.39 is 0 Å². The van der Waals surface area contributed by atoms with Crippen molar-refractivity contribution in [1.82, 2.24) is 10.2 Å². The third-order valence-electron chi connectivity index (χ3n) is 2.66. The van der Waals surface area contributed by atoms with Crippen LogP contribution in [0.3, 0.4) is 0 Å². The normalized spacial score (nSPS) is 10.1. The van der Waals surface area contributed by atoms with E-state index >= 15 is 0 Å². The van der Waals surface area contributed by atoms with Gasteiger partial charge in [0.05, 0.1) is 0 Å². The van der Waals surface area contributed by atoms with Crippen molar-refractivity contribution in [1.29, 1.82) is 0 Å². The number of benzene rings is 1. The first-order valence-electron chi connectivity index (χ1n) is 5.67. The maximum absolute atomic E-state index is 12.8. The largest absolute Gasteiger partial charge is 0.372 e. The Morgan fingerprint density at radius 1 is 1.16 bits per heavy atom. The first-order chi connectivity index (χ1) is 9.11. The first kappa shape index (κ1) is 12.9. The van der Waals surface area contributed by atoms with Crippen molar-refractivity contribution in [2.75, 3.05) is 24.3 Å². The fourth-order valence-electron chi connectivity index (χ4n) is 1.53. The number of halogens is 1. The molecule has 0 spiro atoms. The number of nitrogens with one attached hydrogen (secondary N) is 1. The van der Waals surface area contributed by atoms with Crippen LogP contribution < -0.4 is 10.2 Å². The van der Waals surface area contributed by atoms with E-state index in [4.69, 9.17) is 0 Å². The number of hydrogen-bond donors (Lipinski definition) is 1. The molecule has 0 unspecified atom stereocenters. The second kappa shape index (κ2) is 5.43. The van der Waals surface area contributed by atoms with Crippen LogP contribution in [0.15, 0.2) is 36.4 Å². The van der Waals surface area contributed by atoms with Gasteiger partial charge in [-0.1, -0.05) is 0 Å². The predicted molar refractivity (Wildman–Crippen MR) is 70.7 cm³/mol. The standard InChI is InChI=1S/C13H13FN4O/c1-15-12-8-7-11(16-17-12)13(19)18(2)10-5-3-9(14)4-6-10/h3-8H,1-2H3,(H,15,17). The second-order valence-corrected chi connectivity index (χ2v) is 3.89. The van der Waals surface area contributed by atoms with Crippen molar-refractivity contribution in [2.24, 2.45) is 0 Å². The highest BCUT2D eigenvalue weighted by Gasteiger charge is 2.15. The molecule has 2 rings (SSSR count). The number of hydrogen-bond acceptors (Lipinski definition) is 4. The van der Waals surface area contributed by atoms with E-state index in [-0.39, 0.29) is 17.4 Å². The lowest BCUT2D eigenvalue weighted by atomic mass is 10.2. The van der Waals surface area contributed by atoms with Gasteiger partial charge in [-0.2, -0.15) is 0 Å². The number of amides is 1. The summed E-state index contributed by atoms with van der Waals surface area (Å²) < 4.78 is 12.8. The van der Waals surface area contributed by atoms with E-state index in [0.29, 0.717) is 11.5 Å². The zero-order chi connectivity index (χ0) is 13.8. The van der Waals surface area contributed by atoms with Gasteiger partial charge in [0, 0.05) is 19.8 Å². The Morgan fingerprint density at radius 2 is 1.84 bits per heavy atom. The number of carbonyl (C=O) groups is 1. The van der Waals surface area contributed by atoms with Crippen molar-refractivity contribution in [3.63, 3.8) is 0 Å². The second-order valence-electron chi connectivity index (χ2n) is 3.89. The monoisotopic (exact) mass is 260 g/mol. The molecular weight excluding hydrogens is 247 g/mol. The van der Waals surface area contributed by atoms with Gasteiger partial charge in [-0.15, -0.1) is 10.2 Å². The van der Waals surface area contributed by atoms with Crippen LogP contribution in [-0.2, 0) is 0 Å². The maximum Gasteiger partial charge on any atom is 0.278 e. The van der Waals surface area contributed by atoms with Crippen LogP contribution in [0.25, 0.3) is 0 Å². The summed E-state index contributed by atoms with van der Waals surface area (Å²) in [6, 6.07) is 8.91. The predicted octanol–water partition coefficient (Wildman–Crippen LogP) is 1.93. The Hall–Kier alpha value is -2.50. The SMILES string of the molecule is CNc1ccc(C(=O)N(C)c2ccc(F)cc2)nn1. The summed E-state index contributed by atoms with van der Waals surface area (Å²) in [6.07, 6.45) is 0. The molecule has 0 radical (unpaired) electrons. The van der Waals surface area contributed by atoms with Crippen LogP contribution in [0.2, 0.25) is 0 Å². The molecule has 2 aromatic rings. The van der Waals surface area contributed by atoms with Crippen molar-refractivity contribution < 1.29 is 9.18 Å². The Bertz CT molecular complexity index is 568. The first-order valence-corrected chi connectivity index (χ1v) is 5.67. The minimum atomic E-state index is -0.345. The number of rotatable bonds is 3. The summed E-state index contributed by atoms with van der Waals surface area (Å²) in [5.74, 6) is -0.0643. The highest BCUT2D eigenvalue weighted by Crippen LogP contribution is 2.15. The van der Waals surface area contributed by atoms with Gasteiger partial charge in [0.2, 0.25) is 0 Å². The molecule has 19 heavy (non-hydrogen) atoms. The third kappa shape index (κ3) is 2.85. The molecule has 5 nitrogen and oxygen atoms in total. The van der Waals surface area contributed by atoms with Gasteiger partial charge < -0.3 is 10.2 Å². The molecule has 1 N–H and O–H groups in total. The zero-order valence-corrected chi connectivity index (χ0v) is 10.6. The minimum Gasteiger partial charge on any atom is -0.372 e. The lowest BCUT2D eigenvalue weighted by Crippen LogP contribution is -2.27. The molecule has 6 heteroatoms. The van der Waals surface area contributed by atoms with Crippen LogP contribution >= 0.6 is 0 Å². The number of aromatic nitrogens is 2. The van der Waals surface area contributed by atoms with Crippen LogP contribution in [0, 0.1) is 5.82 Å². The van der Waals surface area contributed by atoms with Gasteiger partial charge in [-0.25, -0.2) is 4.39 Å². The summed E-state index contributed by atoms with van der Waals surface area (Å²) >= 11 is 0. The summed E-state index contributed by atoms with van der Waals surface area (Å²) in [6.45, 7) is 0. The van der Waals surface area contributed by atoms with E-state index in [9.17, 15) is 9.18 Å².